The van der Waals surface area contributed by atoms with Gasteiger partial charge in [0.2, 0.25) is 0 Å². The molecule has 0 bridgehead atoms. The summed E-state index contributed by atoms with van der Waals surface area (Å²) in [5.41, 5.74) is 9.14. The van der Waals surface area contributed by atoms with Crippen LogP contribution in [0.1, 0.15) is 47.2 Å². The van der Waals surface area contributed by atoms with Crippen molar-refractivity contribution in [2.45, 2.75) is 78.0 Å². The summed E-state index contributed by atoms with van der Waals surface area (Å²) >= 11 is 0. The molecule has 0 N–H and O–H groups in total. The zero-order valence-electron chi connectivity index (χ0n) is 20.3. The van der Waals surface area contributed by atoms with Crippen LogP contribution >= 0.6 is 0 Å². The Kier molecular flexibility index (Phi) is 6.89. The molecule has 0 amide bonds. The van der Waals surface area contributed by atoms with Crippen LogP contribution in [-0.4, -0.2) is 86.8 Å². The van der Waals surface area contributed by atoms with Crippen LogP contribution < -0.4 is 0 Å². The highest BCUT2D eigenvalue weighted by atomic mass is 16.6. The van der Waals surface area contributed by atoms with Gasteiger partial charge in [-0.25, -0.2) is 0 Å². The Bertz CT molecular complexity index is 718. The van der Waals surface area contributed by atoms with E-state index in [1.165, 1.54) is 22.3 Å². The van der Waals surface area contributed by atoms with Crippen LogP contribution in [0.25, 0.3) is 0 Å². The lowest BCUT2D eigenvalue weighted by Crippen LogP contribution is -2.33. The summed E-state index contributed by atoms with van der Waals surface area (Å²) in [7, 11) is 0. The lowest BCUT2D eigenvalue weighted by molar-refractivity contribution is 0.210. The van der Waals surface area contributed by atoms with Crippen molar-refractivity contribution < 1.29 is 18.9 Å². The van der Waals surface area contributed by atoms with Crippen LogP contribution in [0.2, 0.25) is 0 Å². The van der Waals surface area contributed by atoms with Crippen LogP contribution in [0, 0.1) is 13.8 Å². The molecule has 5 rings (SSSR count). The second kappa shape index (κ2) is 9.69. The second-order valence-electron chi connectivity index (χ2n) is 10.1. The summed E-state index contributed by atoms with van der Waals surface area (Å²) in [6.45, 7) is 19.0. The Hall–Kier alpha value is -1.02. The van der Waals surface area contributed by atoms with Gasteiger partial charge in [-0.1, -0.05) is 13.8 Å². The zero-order chi connectivity index (χ0) is 22.2. The Labute approximate surface area is 193 Å². The molecule has 4 saturated heterocycles. The fourth-order valence-electron chi connectivity index (χ4n) is 5.25. The first-order chi connectivity index (χ1) is 15.6. The first-order valence-corrected chi connectivity index (χ1v) is 12.6. The normalized spacial score (nSPS) is 27.9. The number of epoxide rings is 4. The van der Waals surface area contributed by atoms with Crippen molar-refractivity contribution in [1.82, 2.24) is 9.80 Å². The summed E-state index contributed by atoms with van der Waals surface area (Å²) in [5.74, 6) is 0. The van der Waals surface area contributed by atoms with E-state index >= 15 is 0 Å². The minimum Gasteiger partial charge on any atom is -0.372 e. The molecule has 6 nitrogen and oxygen atoms in total. The summed E-state index contributed by atoms with van der Waals surface area (Å²) in [6, 6.07) is 0. The number of hydrogen-bond donors (Lipinski definition) is 0. The molecule has 32 heavy (non-hydrogen) atoms. The molecule has 4 unspecified atom stereocenters. The van der Waals surface area contributed by atoms with Gasteiger partial charge in [-0.05, 0) is 60.1 Å². The van der Waals surface area contributed by atoms with Crippen LogP contribution in [0.4, 0.5) is 0 Å². The summed E-state index contributed by atoms with van der Waals surface area (Å²) in [6.07, 6.45) is 3.80. The fraction of sp³-hybridized carbons (Fsp3) is 0.769. The fourth-order valence-corrected chi connectivity index (χ4v) is 5.25. The van der Waals surface area contributed by atoms with Gasteiger partial charge in [-0.3, -0.25) is 9.80 Å². The van der Waals surface area contributed by atoms with E-state index in [9.17, 15) is 0 Å². The Morgan fingerprint density at radius 3 is 1.06 bits per heavy atom. The molecule has 4 atom stereocenters. The maximum Gasteiger partial charge on any atom is 0.0936 e. The second-order valence-corrected chi connectivity index (χ2v) is 10.1. The third kappa shape index (κ3) is 5.72. The topological polar surface area (TPSA) is 56.6 Å². The minimum atomic E-state index is 0.410. The molecule has 4 fully saturated rings. The first kappa shape index (κ1) is 22.8. The molecule has 0 aliphatic carbocycles. The van der Waals surface area contributed by atoms with Gasteiger partial charge in [0, 0.05) is 39.3 Å². The maximum atomic E-state index is 5.56. The van der Waals surface area contributed by atoms with E-state index in [0.717, 1.165) is 78.5 Å². The van der Waals surface area contributed by atoms with Crippen LogP contribution in [-0.2, 0) is 44.9 Å². The lowest BCUT2D eigenvalue weighted by Gasteiger charge is -2.30. The van der Waals surface area contributed by atoms with E-state index in [4.69, 9.17) is 18.9 Å². The average molecular weight is 445 g/mol. The number of nitrogens with zero attached hydrogens (tertiary/aromatic N) is 2. The molecule has 0 aromatic heterocycles. The molecule has 4 aliphatic heterocycles. The van der Waals surface area contributed by atoms with E-state index < -0.39 is 0 Å². The standard InChI is InChI=1S/C26H40N2O4/c1-5-23-24(6-2)26(12-28(9-21-15-31-21)10-22-16-32-22)18(4)17(3)25(23)11-27(7-19-13-29-19)8-20-14-30-20/h19-22H,5-16H2,1-4H3. The molecule has 0 saturated carbocycles. The summed E-state index contributed by atoms with van der Waals surface area (Å²) < 4.78 is 22.2. The zero-order valence-corrected chi connectivity index (χ0v) is 20.3. The van der Waals surface area contributed by atoms with Crippen molar-refractivity contribution in [1.29, 1.82) is 0 Å². The smallest absolute Gasteiger partial charge is 0.0936 e. The van der Waals surface area contributed by atoms with E-state index in [1.807, 2.05) is 0 Å². The number of rotatable bonds is 14. The van der Waals surface area contributed by atoms with Crippen molar-refractivity contribution in [3.63, 3.8) is 0 Å². The predicted octanol–water partition coefficient (Wildman–Crippen LogP) is 2.63. The molecule has 0 radical (unpaired) electrons. The SMILES string of the molecule is CCc1c(CN(CC2CO2)CC2CO2)c(C)c(C)c(CN(CC2CO2)CC2CO2)c1CC. The van der Waals surface area contributed by atoms with Crippen LogP contribution in [0.3, 0.4) is 0 Å². The third-order valence-electron chi connectivity index (χ3n) is 7.49. The predicted molar refractivity (Wildman–Crippen MR) is 124 cm³/mol. The monoisotopic (exact) mass is 444 g/mol. The van der Waals surface area contributed by atoms with Gasteiger partial charge in [0.15, 0.2) is 0 Å². The molecular formula is C26H40N2O4. The van der Waals surface area contributed by atoms with E-state index in [2.05, 4.69) is 37.5 Å². The lowest BCUT2D eigenvalue weighted by atomic mass is 9.84. The van der Waals surface area contributed by atoms with Gasteiger partial charge < -0.3 is 18.9 Å². The van der Waals surface area contributed by atoms with Crippen molar-refractivity contribution >= 4 is 0 Å². The van der Waals surface area contributed by atoms with Crippen LogP contribution in [0.5, 0.6) is 0 Å². The molecule has 178 valence electrons. The molecule has 4 heterocycles. The highest BCUT2D eigenvalue weighted by molar-refractivity contribution is 5.51. The Morgan fingerprint density at radius 1 is 0.562 bits per heavy atom. The number of ether oxygens (including phenoxy) is 4. The van der Waals surface area contributed by atoms with Gasteiger partial charge in [-0.15, -0.1) is 0 Å². The first-order valence-electron chi connectivity index (χ1n) is 12.6. The van der Waals surface area contributed by atoms with Crippen LogP contribution in [0.15, 0.2) is 0 Å². The van der Waals surface area contributed by atoms with Gasteiger partial charge >= 0.3 is 0 Å². The van der Waals surface area contributed by atoms with Gasteiger partial charge in [-0.2, -0.15) is 0 Å². The Morgan fingerprint density at radius 2 is 0.844 bits per heavy atom. The highest BCUT2D eigenvalue weighted by Crippen LogP contribution is 2.32. The number of hydrogen-bond acceptors (Lipinski definition) is 6. The summed E-state index contributed by atoms with van der Waals surface area (Å²) in [5, 5.41) is 0. The third-order valence-corrected chi connectivity index (χ3v) is 7.49. The van der Waals surface area contributed by atoms with Crippen molar-refractivity contribution in [3.05, 3.63) is 33.4 Å². The molecule has 4 aliphatic rings. The summed E-state index contributed by atoms with van der Waals surface area (Å²) in [4.78, 5) is 5.13. The van der Waals surface area contributed by atoms with Gasteiger partial charge in [0.1, 0.15) is 0 Å². The molecule has 6 heteroatoms. The quantitative estimate of drug-likeness (QED) is 0.411. The molecule has 0 spiro atoms. The van der Waals surface area contributed by atoms with Gasteiger partial charge in [0.25, 0.3) is 0 Å². The molecule has 1 aromatic carbocycles. The van der Waals surface area contributed by atoms with Crippen molar-refractivity contribution in [3.8, 4) is 0 Å². The van der Waals surface area contributed by atoms with Crippen molar-refractivity contribution in [2.75, 3.05) is 52.6 Å². The highest BCUT2D eigenvalue weighted by Gasteiger charge is 2.33. The Balaban J connectivity index is 1.41. The van der Waals surface area contributed by atoms with E-state index in [-0.39, 0.29) is 0 Å². The number of benzene rings is 1. The van der Waals surface area contributed by atoms with Crippen molar-refractivity contribution in [2.24, 2.45) is 0 Å². The van der Waals surface area contributed by atoms with E-state index in [0.29, 0.717) is 24.4 Å². The van der Waals surface area contributed by atoms with Gasteiger partial charge in [0.05, 0.1) is 50.8 Å². The van der Waals surface area contributed by atoms with E-state index in [1.54, 1.807) is 11.1 Å². The molecule has 1 aromatic rings. The molecular weight excluding hydrogens is 404 g/mol. The minimum absolute atomic E-state index is 0.410. The largest absolute Gasteiger partial charge is 0.372 e. The average Bonchev–Trinajstić information content (AvgIpc) is 3.62. The maximum absolute atomic E-state index is 5.56.